The van der Waals surface area contributed by atoms with Crippen LogP contribution in [0.5, 0.6) is 0 Å². The Morgan fingerprint density at radius 3 is 2.42 bits per heavy atom. The summed E-state index contributed by atoms with van der Waals surface area (Å²) in [5.74, 6) is 0. The predicted octanol–water partition coefficient (Wildman–Crippen LogP) is 3.72. The smallest absolute Gasteiger partial charge is 0.315 e. The molecule has 5 heteroatoms. The second-order valence-corrected chi connectivity index (χ2v) is 6.62. The minimum absolute atomic E-state index is 0.126. The summed E-state index contributed by atoms with van der Waals surface area (Å²) >= 11 is 1.69. The van der Waals surface area contributed by atoms with Gasteiger partial charge in [-0.05, 0) is 42.9 Å². The SMILES string of the molecule is CSc1ccc(CNC(=O)NC(C)CC(O)c2ccccc2)cc1. The van der Waals surface area contributed by atoms with Crippen LogP contribution in [0.15, 0.2) is 59.5 Å². The lowest BCUT2D eigenvalue weighted by atomic mass is 10.0. The van der Waals surface area contributed by atoms with Gasteiger partial charge in [0.05, 0.1) is 6.10 Å². The van der Waals surface area contributed by atoms with E-state index in [9.17, 15) is 9.90 Å². The van der Waals surface area contributed by atoms with Crippen molar-refractivity contribution in [2.45, 2.75) is 36.9 Å². The number of hydrogen-bond donors (Lipinski definition) is 3. The van der Waals surface area contributed by atoms with Crippen LogP contribution in [0.4, 0.5) is 4.79 Å². The Morgan fingerprint density at radius 2 is 1.79 bits per heavy atom. The van der Waals surface area contributed by atoms with Crippen molar-refractivity contribution in [1.82, 2.24) is 10.6 Å². The zero-order valence-corrected chi connectivity index (χ0v) is 14.8. The van der Waals surface area contributed by atoms with E-state index >= 15 is 0 Å². The van der Waals surface area contributed by atoms with Gasteiger partial charge in [0, 0.05) is 17.5 Å². The minimum Gasteiger partial charge on any atom is -0.388 e. The molecule has 4 nitrogen and oxygen atoms in total. The van der Waals surface area contributed by atoms with Gasteiger partial charge in [-0.1, -0.05) is 42.5 Å². The van der Waals surface area contributed by atoms with Gasteiger partial charge in [0.15, 0.2) is 0 Å². The summed E-state index contributed by atoms with van der Waals surface area (Å²) < 4.78 is 0. The average Bonchev–Trinajstić information content (AvgIpc) is 2.61. The fourth-order valence-corrected chi connectivity index (χ4v) is 2.81. The van der Waals surface area contributed by atoms with Crippen molar-refractivity contribution in [2.24, 2.45) is 0 Å². The number of rotatable bonds is 7. The molecular formula is C19H24N2O2S. The van der Waals surface area contributed by atoms with Crippen LogP contribution in [0.3, 0.4) is 0 Å². The second kappa shape index (κ2) is 9.35. The predicted molar refractivity (Wildman–Crippen MR) is 99.1 cm³/mol. The summed E-state index contributed by atoms with van der Waals surface area (Å²) in [6, 6.07) is 17.2. The molecule has 0 aliphatic rings. The Morgan fingerprint density at radius 1 is 1.12 bits per heavy atom. The molecule has 2 aromatic rings. The van der Waals surface area contributed by atoms with Gasteiger partial charge in [-0.25, -0.2) is 4.79 Å². The molecule has 0 fully saturated rings. The third-order valence-electron chi connectivity index (χ3n) is 3.75. The van der Waals surface area contributed by atoms with E-state index in [4.69, 9.17) is 0 Å². The third kappa shape index (κ3) is 5.91. The number of carbonyl (C=O) groups excluding carboxylic acids is 1. The van der Waals surface area contributed by atoms with Crippen molar-refractivity contribution in [3.63, 3.8) is 0 Å². The van der Waals surface area contributed by atoms with Crippen LogP contribution < -0.4 is 10.6 Å². The zero-order valence-electron chi connectivity index (χ0n) is 14.0. The number of aliphatic hydroxyl groups excluding tert-OH is 1. The second-order valence-electron chi connectivity index (χ2n) is 5.74. The number of amides is 2. The highest BCUT2D eigenvalue weighted by atomic mass is 32.2. The standard InChI is InChI=1S/C19H24N2O2S/c1-14(12-18(22)16-6-4-3-5-7-16)21-19(23)20-13-15-8-10-17(24-2)11-9-15/h3-11,14,18,22H,12-13H2,1-2H3,(H2,20,21,23). The maximum atomic E-state index is 12.0. The highest BCUT2D eigenvalue weighted by Crippen LogP contribution is 2.17. The van der Waals surface area contributed by atoms with Crippen molar-refractivity contribution in [3.8, 4) is 0 Å². The summed E-state index contributed by atoms with van der Waals surface area (Å²) in [7, 11) is 0. The molecule has 2 rings (SSSR count). The Kier molecular flexibility index (Phi) is 7.15. The van der Waals surface area contributed by atoms with E-state index in [-0.39, 0.29) is 12.1 Å². The van der Waals surface area contributed by atoms with E-state index in [1.54, 1.807) is 11.8 Å². The van der Waals surface area contributed by atoms with Gasteiger partial charge < -0.3 is 15.7 Å². The molecular weight excluding hydrogens is 320 g/mol. The van der Waals surface area contributed by atoms with Crippen LogP contribution >= 0.6 is 11.8 Å². The summed E-state index contributed by atoms with van der Waals surface area (Å²) in [4.78, 5) is 13.2. The number of urea groups is 1. The van der Waals surface area contributed by atoms with E-state index in [0.717, 1.165) is 11.1 Å². The van der Waals surface area contributed by atoms with Gasteiger partial charge in [0.25, 0.3) is 0 Å². The first-order valence-electron chi connectivity index (χ1n) is 7.99. The van der Waals surface area contributed by atoms with Gasteiger partial charge in [-0.2, -0.15) is 0 Å². The molecule has 0 aliphatic carbocycles. The van der Waals surface area contributed by atoms with Crippen molar-refractivity contribution in [3.05, 3.63) is 65.7 Å². The molecule has 2 aromatic carbocycles. The lowest BCUT2D eigenvalue weighted by Gasteiger charge is -2.18. The highest BCUT2D eigenvalue weighted by molar-refractivity contribution is 7.98. The monoisotopic (exact) mass is 344 g/mol. The molecule has 0 radical (unpaired) electrons. The summed E-state index contributed by atoms with van der Waals surface area (Å²) in [5.41, 5.74) is 1.92. The molecule has 0 bridgehead atoms. The van der Waals surface area contributed by atoms with Crippen LogP contribution in [-0.2, 0) is 6.54 Å². The number of thioether (sulfide) groups is 1. The van der Waals surface area contributed by atoms with Crippen LogP contribution in [0.25, 0.3) is 0 Å². The maximum Gasteiger partial charge on any atom is 0.315 e. The largest absolute Gasteiger partial charge is 0.388 e. The lowest BCUT2D eigenvalue weighted by molar-refractivity contribution is 0.154. The maximum absolute atomic E-state index is 12.0. The molecule has 2 unspecified atom stereocenters. The average molecular weight is 344 g/mol. The fraction of sp³-hybridized carbons (Fsp3) is 0.316. The number of benzene rings is 2. The molecule has 0 spiro atoms. The van der Waals surface area contributed by atoms with Crippen LogP contribution in [-0.4, -0.2) is 23.4 Å². The molecule has 128 valence electrons. The van der Waals surface area contributed by atoms with E-state index in [2.05, 4.69) is 10.6 Å². The summed E-state index contributed by atoms with van der Waals surface area (Å²) in [5, 5.41) is 15.9. The van der Waals surface area contributed by atoms with E-state index in [1.807, 2.05) is 67.8 Å². The number of hydrogen-bond acceptors (Lipinski definition) is 3. The van der Waals surface area contributed by atoms with E-state index in [1.165, 1.54) is 4.90 Å². The molecule has 0 heterocycles. The van der Waals surface area contributed by atoms with Crippen molar-refractivity contribution < 1.29 is 9.90 Å². The number of nitrogens with one attached hydrogen (secondary N) is 2. The Bertz CT molecular complexity index is 632. The van der Waals surface area contributed by atoms with E-state index in [0.29, 0.717) is 13.0 Å². The van der Waals surface area contributed by atoms with Crippen LogP contribution in [0, 0.1) is 0 Å². The Labute approximate surface area is 147 Å². The molecule has 2 atom stereocenters. The Hall–Kier alpha value is -1.98. The molecule has 0 saturated heterocycles. The lowest BCUT2D eigenvalue weighted by Crippen LogP contribution is -2.41. The zero-order chi connectivity index (χ0) is 17.4. The Balaban J connectivity index is 1.74. The molecule has 2 amide bonds. The summed E-state index contributed by atoms with van der Waals surface area (Å²) in [6.45, 7) is 2.37. The topological polar surface area (TPSA) is 61.4 Å². The minimum atomic E-state index is -0.583. The first-order chi connectivity index (χ1) is 11.6. The van der Waals surface area contributed by atoms with Crippen LogP contribution in [0.1, 0.15) is 30.6 Å². The molecule has 0 saturated carbocycles. The molecule has 0 aliphatic heterocycles. The highest BCUT2D eigenvalue weighted by Gasteiger charge is 2.14. The van der Waals surface area contributed by atoms with Crippen LogP contribution in [0.2, 0.25) is 0 Å². The van der Waals surface area contributed by atoms with Gasteiger partial charge >= 0.3 is 6.03 Å². The summed E-state index contributed by atoms with van der Waals surface area (Å²) in [6.07, 6.45) is 1.92. The molecule has 0 aromatic heterocycles. The quantitative estimate of drug-likeness (QED) is 0.671. The molecule has 24 heavy (non-hydrogen) atoms. The fourth-order valence-electron chi connectivity index (χ4n) is 2.41. The third-order valence-corrected chi connectivity index (χ3v) is 4.49. The number of aliphatic hydroxyl groups is 1. The van der Waals surface area contributed by atoms with Crippen molar-refractivity contribution in [2.75, 3.05) is 6.26 Å². The first kappa shape index (κ1) is 18.4. The van der Waals surface area contributed by atoms with E-state index < -0.39 is 6.10 Å². The normalized spacial score (nSPS) is 13.1. The van der Waals surface area contributed by atoms with Crippen molar-refractivity contribution >= 4 is 17.8 Å². The first-order valence-corrected chi connectivity index (χ1v) is 9.21. The van der Waals surface area contributed by atoms with Gasteiger partial charge in [-0.15, -0.1) is 11.8 Å². The number of carbonyl (C=O) groups is 1. The van der Waals surface area contributed by atoms with Gasteiger partial charge in [0.1, 0.15) is 0 Å². The van der Waals surface area contributed by atoms with Gasteiger partial charge in [-0.3, -0.25) is 0 Å². The molecule has 3 N–H and O–H groups in total. The van der Waals surface area contributed by atoms with Gasteiger partial charge in [0.2, 0.25) is 0 Å². The van der Waals surface area contributed by atoms with Crippen molar-refractivity contribution in [1.29, 1.82) is 0 Å².